The Bertz CT molecular complexity index is 164. The van der Waals surface area contributed by atoms with Crippen LogP contribution in [0, 0.1) is 12.2 Å². The van der Waals surface area contributed by atoms with Crippen LogP contribution >= 0.6 is 0 Å². The van der Waals surface area contributed by atoms with Gasteiger partial charge >= 0.3 is 28.4 Å². The summed E-state index contributed by atoms with van der Waals surface area (Å²) in [5.74, 6) is 0. The Hall–Kier alpha value is -0.367. The van der Waals surface area contributed by atoms with Crippen molar-refractivity contribution in [1.82, 2.24) is 0 Å². The van der Waals surface area contributed by atoms with E-state index in [1.165, 1.54) is 24.2 Å². The molecule has 2 aliphatic carbocycles. The van der Waals surface area contributed by atoms with Gasteiger partial charge in [0.15, 0.2) is 0 Å². The van der Waals surface area contributed by atoms with Crippen LogP contribution in [0.5, 0.6) is 0 Å². The molecule has 0 saturated carbocycles. The molecule has 0 aromatic heterocycles. The second-order valence-electron chi connectivity index (χ2n) is 2.01. The first-order valence-electron chi connectivity index (χ1n) is 4.68. The maximum absolute atomic E-state index is 7.00. The fourth-order valence-electron chi connectivity index (χ4n) is 0.680. The van der Waals surface area contributed by atoms with Gasteiger partial charge in [0, 0.05) is 14.2 Å². The summed E-state index contributed by atoms with van der Waals surface area (Å²) in [5.41, 5.74) is 0. The van der Waals surface area contributed by atoms with Gasteiger partial charge in [-0.1, -0.05) is 0 Å². The van der Waals surface area contributed by atoms with Crippen LogP contribution in [-0.2, 0) is 24.2 Å². The third-order valence-corrected chi connectivity index (χ3v) is 1.17. The Morgan fingerprint density at radius 1 is 0.875 bits per heavy atom. The van der Waals surface area contributed by atoms with Gasteiger partial charge in [0.1, 0.15) is 0 Å². The molecule has 0 spiro atoms. The van der Waals surface area contributed by atoms with Crippen molar-refractivity contribution in [1.29, 1.82) is 0 Å². The van der Waals surface area contributed by atoms with E-state index in [1.54, 1.807) is 0 Å². The predicted octanol–water partition coefficient (Wildman–Crippen LogP) is 1.79. The quantitative estimate of drug-likeness (QED) is 0.670. The molecule has 0 heterocycles. The van der Waals surface area contributed by atoms with Crippen molar-refractivity contribution in [3.8, 4) is 0 Å². The number of allylic oxidation sites excluding steroid dienone is 8. The predicted molar refractivity (Wildman–Crippen MR) is 66.5 cm³/mol. The van der Waals surface area contributed by atoms with E-state index in [0.29, 0.717) is 0 Å². The molecule has 0 aliphatic heterocycles. The third kappa shape index (κ3) is 23.4. The van der Waals surface area contributed by atoms with E-state index in [2.05, 4.69) is 28.5 Å². The first kappa shape index (κ1) is 21.0. The number of hydrogen-bond acceptors (Lipinski definition) is 2. The van der Waals surface area contributed by atoms with Crippen LogP contribution in [0.15, 0.2) is 36.5 Å². The van der Waals surface area contributed by atoms with E-state index in [0.717, 1.165) is 27.1 Å². The van der Waals surface area contributed by atoms with E-state index in [4.69, 9.17) is 10.2 Å². The standard InChI is InChI=1S/2C5H5.2CH4O.CH2.Zr/c2*1-2-4-5-3-1;2*1-2;;/h2*1-3H,4H2;2*2H,1H3;1H2;/q2*-1;;;;+2. The van der Waals surface area contributed by atoms with Gasteiger partial charge in [-0.25, -0.2) is 24.3 Å². The summed E-state index contributed by atoms with van der Waals surface area (Å²) in [7, 11) is 2.00. The molecule has 0 aromatic carbocycles. The SMILES string of the molecule is CO.CO.[C-]1=CC=CC1.[C-]1=CC=CC1.[CH2]=[Zr+2]. The molecule has 0 amide bonds. The van der Waals surface area contributed by atoms with Gasteiger partial charge in [-0.15, -0.1) is 12.8 Å². The zero-order chi connectivity index (χ0) is 13.1. The van der Waals surface area contributed by atoms with Crippen molar-refractivity contribution in [2.75, 3.05) is 14.2 Å². The van der Waals surface area contributed by atoms with Crippen molar-refractivity contribution >= 4 is 4.21 Å². The molecule has 0 saturated heterocycles. The first-order valence-corrected chi connectivity index (χ1v) is 6.42. The van der Waals surface area contributed by atoms with Crippen LogP contribution in [0.4, 0.5) is 0 Å². The molecule has 88 valence electrons. The molecule has 0 radical (unpaired) electrons. The fourth-order valence-corrected chi connectivity index (χ4v) is 0.680. The maximum atomic E-state index is 7.00. The average molecular weight is 300 g/mol. The normalized spacial score (nSPS) is 12.1. The van der Waals surface area contributed by atoms with Crippen LogP contribution < -0.4 is 0 Å². The van der Waals surface area contributed by atoms with Gasteiger partial charge < -0.3 is 10.2 Å². The van der Waals surface area contributed by atoms with Crippen LogP contribution in [0.3, 0.4) is 0 Å². The van der Waals surface area contributed by atoms with E-state index >= 15 is 0 Å². The molecule has 0 fully saturated rings. The second-order valence-corrected chi connectivity index (χ2v) is 2.01. The Balaban J connectivity index is -0.000000146. The van der Waals surface area contributed by atoms with Gasteiger partial charge in [0.25, 0.3) is 0 Å². The Kier molecular flexibility index (Phi) is 38.4. The van der Waals surface area contributed by atoms with Gasteiger partial charge in [0.2, 0.25) is 0 Å². The van der Waals surface area contributed by atoms with Gasteiger partial charge in [-0.2, -0.15) is 12.2 Å². The average Bonchev–Trinajstić information content (AvgIpc) is 3.14. The third-order valence-electron chi connectivity index (χ3n) is 1.17. The molecule has 0 unspecified atom stereocenters. The zero-order valence-corrected chi connectivity index (χ0v) is 12.4. The van der Waals surface area contributed by atoms with Crippen LogP contribution in [0.1, 0.15) is 12.8 Å². The number of aliphatic hydroxyl groups excluding tert-OH is 2. The summed E-state index contributed by atoms with van der Waals surface area (Å²) in [6.07, 6.45) is 20.0. The van der Waals surface area contributed by atoms with Gasteiger partial charge in [-0.3, -0.25) is 12.2 Å². The van der Waals surface area contributed by atoms with Crippen LogP contribution in [0.25, 0.3) is 0 Å². The monoisotopic (exact) mass is 298 g/mol. The summed E-state index contributed by atoms with van der Waals surface area (Å²) in [4.78, 5) is 0. The Morgan fingerprint density at radius 3 is 1.25 bits per heavy atom. The topological polar surface area (TPSA) is 40.5 Å². The summed E-state index contributed by atoms with van der Waals surface area (Å²) < 4.78 is 3.34. The van der Waals surface area contributed by atoms with Gasteiger partial charge in [0.05, 0.1) is 0 Å². The molecule has 2 nitrogen and oxygen atoms in total. The first-order chi connectivity index (χ1) is 8.00. The van der Waals surface area contributed by atoms with Crippen molar-refractivity contribution < 1.29 is 34.4 Å². The Morgan fingerprint density at radius 2 is 1.19 bits per heavy atom. The molecule has 3 heteroatoms. The molecular formula is C13H20O2Zr. The fraction of sp³-hybridized carbons (Fsp3) is 0.308. The molecule has 2 aliphatic rings. The summed E-state index contributed by atoms with van der Waals surface area (Å²) >= 11 is 1.30. The molecule has 0 atom stereocenters. The number of rotatable bonds is 0. The van der Waals surface area contributed by atoms with E-state index in [1.807, 2.05) is 24.3 Å². The number of hydrogen-bond donors (Lipinski definition) is 2. The molecule has 2 rings (SSSR count). The Labute approximate surface area is 114 Å². The minimum absolute atomic E-state index is 1.00. The second kappa shape index (κ2) is 29.3. The summed E-state index contributed by atoms with van der Waals surface area (Å²) in [6.45, 7) is 0. The minimum atomic E-state index is 1.00. The number of aliphatic hydroxyl groups is 2. The van der Waals surface area contributed by atoms with E-state index in [9.17, 15) is 0 Å². The molecule has 0 bridgehead atoms. The van der Waals surface area contributed by atoms with Crippen molar-refractivity contribution in [3.05, 3.63) is 48.6 Å². The van der Waals surface area contributed by atoms with E-state index in [-0.39, 0.29) is 0 Å². The summed E-state index contributed by atoms with van der Waals surface area (Å²) in [5, 5.41) is 14.0. The van der Waals surface area contributed by atoms with E-state index < -0.39 is 0 Å². The van der Waals surface area contributed by atoms with Crippen molar-refractivity contribution in [2.24, 2.45) is 0 Å². The van der Waals surface area contributed by atoms with Crippen molar-refractivity contribution in [2.45, 2.75) is 12.8 Å². The van der Waals surface area contributed by atoms with Crippen LogP contribution in [-0.4, -0.2) is 28.6 Å². The van der Waals surface area contributed by atoms with Gasteiger partial charge in [-0.05, 0) is 0 Å². The molecule has 2 N–H and O–H groups in total. The summed E-state index contributed by atoms with van der Waals surface area (Å²) in [6, 6.07) is 0. The molecule has 0 aromatic rings. The molecular weight excluding hydrogens is 279 g/mol. The zero-order valence-electron chi connectivity index (χ0n) is 9.98. The molecule has 16 heavy (non-hydrogen) atoms. The van der Waals surface area contributed by atoms with Crippen LogP contribution in [0.2, 0.25) is 0 Å². The van der Waals surface area contributed by atoms with Crippen molar-refractivity contribution in [3.63, 3.8) is 0 Å².